The summed E-state index contributed by atoms with van der Waals surface area (Å²) in [6.07, 6.45) is 1.20. The van der Waals surface area contributed by atoms with Crippen LogP contribution in [0.1, 0.15) is 12.0 Å². The van der Waals surface area contributed by atoms with Gasteiger partial charge in [0, 0.05) is 13.0 Å². The molecule has 1 heterocycles. The zero-order chi connectivity index (χ0) is 16.6. The van der Waals surface area contributed by atoms with E-state index in [0.29, 0.717) is 32.8 Å². The quantitative estimate of drug-likeness (QED) is 0.888. The molecule has 24 heavy (non-hydrogen) atoms. The fourth-order valence-corrected chi connectivity index (χ4v) is 2.72. The maximum Gasteiger partial charge on any atom is 0.220 e. The monoisotopic (exact) mass is 325 g/mol. The molecule has 4 nitrogen and oxygen atoms in total. The van der Waals surface area contributed by atoms with Crippen LogP contribution in [0.4, 0.5) is 0 Å². The number of carbonyl (C=O) groups is 1. The van der Waals surface area contributed by atoms with Gasteiger partial charge >= 0.3 is 0 Å². The molecule has 0 saturated carbocycles. The summed E-state index contributed by atoms with van der Waals surface area (Å²) in [5, 5.41) is 2.92. The molecule has 2 aromatic carbocycles. The lowest BCUT2D eigenvalue weighted by Gasteiger charge is -2.23. The van der Waals surface area contributed by atoms with Crippen LogP contribution >= 0.6 is 0 Å². The number of hydrogen-bond acceptors (Lipinski definition) is 3. The summed E-state index contributed by atoms with van der Waals surface area (Å²) in [6.45, 7) is 2.32. The van der Waals surface area contributed by atoms with Gasteiger partial charge in [0.2, 0.25) is 5.91 Å². The first-order valence-electron chi connectivity index (χ1n) is 8.42. The van der Waals surface area contributed by atoms with Crippen molar-refractivity contribution in [2.75, 3.05) is 26.4 Å². The Morgan fingerprint density at radius 1 is 1.00 bits per heavy atom. The van der Waals surface area contributed by atoms with Gasteiger partial charge in [-0.2, -0.15) is 0 Å². The van der Waals surface area contributed by atoms with Gasteiger partial charge in [0.15, 0.2) is 0 Å². The second kappa shape index (κ2) is 8.62. The summed E-state index contributed by atoms with van der Waals surface area (Å²) < 4.78 is 10.8. The summed E-state index contributed by atoms with van der Waals surface area (Å²) >= 11 is 0. The molecule has 1 atom stereocenters. The summed E-state index contributed by atoms with van der Waals surface area (Å²) in [6, 6.07) is 18.7. The SMILES string of the molecule is O=C(CCc1ccc(-c2ccccc2)cc1)NC[C@@H]1COCCO1. The molecule has 3 rings (SSSR count). The molecule has 1 fully saturated rings. The van der Waals surface area contributed by atoms with Crippen LogP contribution in [0.5, 0.6) is 0 Å². The first kappa shape index (κ1) is 16.7. The van der Waals surface area contributed by atoms with E-state index in [-0.39, 0.29) is 12.0 Å². The molecule has 0 radical (unpaired) electrons. The van der Waals surface area contributed by atoms with E-state index >= 15 is 0 Å². The third-order valence-electron chi connectivity index (χ3n) is 4.11. The average molecular weight is 325 g/mol. The van der Waals surface area contributed by atoms with Crippen molar-refractivity contribution >= 4 is 5.91 Å². The Morgan fingerprint density at radius 3 is 2.46 bits per heavy atom. The second-order valence-corrected chi connectivity index (χ2v) is 5.93. The van der Waals surface area contributed by atoms with Gasteiger partial charge in [-0.3, -0.25) is 4.79 Å². The van der Waals surface area contributed by atoms with Crippen LogP contribution in [0.25, 0.3) is 11.1 Å². The standard InChI is InChI=1S/C20H23NO3/c22-20(21-14-19-15-23-12-13-24-19)11-8-16-6-9-18(10-7-16)17-4-2-1-3-5-17/h1-7,9-10,19H,8,11-15H2,(H,21,22)/t19-/m1/s1. The Morgan fingerprint density at radius 2 is 1.75 bits per heavy atom. The van der Waals surface area contributed by atoms with E-state index in [2.05, 4.69) is 41.7 Å². The van der Waals surface area contributed by atoms with E-state index in [1.165, 1.54) is 16.7 Å². The molecule has 1 N–H and O–H groups in total. The molecule has 2 aromatic rings. The molecular formula is C20H23NO3. The van der Waals surface area contributed by atoms with Gasteiger partial charge in [0.05, 0.1) is 25.9 Å². The number of carbonyl (C=O) groups excluding carboxylic acids is 1. The van der Waals surface area contributed by atoms with Crippen molar-refractivity contribution in [3.8, 4) is 11.1 Å². The molecule has 0 unspecified atom stereocenters. The minimum atomic E-state index is -0.0205. The molecular weight excluding hydrogens is 302 g/mol. The summed E-state index contributed by atoms with van der Waals surface area (Å²) in [7, 11) is 0. The molecule has 1 saturated heterocycles. The number of nitrogens with one attached hydrogen (secondary N) is 1. The van der Waals surface area contributed by atoms with E-state index in [1.807, 2.05) is 18.2 Å². The van der Waals surface area contributed by atoms with Crippen LogP contribution in [-0.2, 0) is 20.7 Å². The Bertz CT molecular complexity index is 634. The van der Waals surface area contributed by atoms with Gasteiger partial charge < -0.3 is 14.8 Å². The number of ether oxygens (including phenoxy) is 2. The first-order chi connectivity index (χ1) is 11.8. The van der Waals surface area contributed by atoms with Gasteiger partial charge in [-0.25, -0.2) is 0 Å². The number of amides is 1. The highest BCUT2D eigenvalue weighted by molar-refractivity contribution is 5.76. The average Bonchev–Trinajstić information content (AvgIpc) is 2.67. The highest BCUT2D eigenvalue weighted by Gasteiger charge is 2.15. The van der Waals surface area contributed by atoms with Crippen LogP contribution in [0, 0.1) is 0 Å². The maximum absolute atomic E-state index is 11.9. The van der Waals surface area contributed by atoms with E-state index < -0.39 is 0 Å². The van der Waals surface area contributed by atoms with E-state index in [0.717, 1.165) is 6.42 Å². The molecule has 0 aromatic heterocycles. The van der Waals surface area contributed by atoms with Gasteiger partial charge in [-0.05, 0) is 23.1 Å². The molecule has 1 aliphatic rings. The third-order valence-corrected chi connectivity index (χ3v) is 4.11. The predicted octanol–water partition coefficient (Wildman–Crippen LogP) is 2.82. The van der Waals surface area contributed by atoms with Crippen LogP contribution < -0.4 is 5.32 Å². The first-order valence-corrected chi connectivity index (χ1v) is 8.42. The van der Waals surface area contributed by atoms with Crippen LogP contribution in [0.3, 0.4) is 0 Å². The normalized spacial score (nSPS) is 17.4. The topological polar surface area (TPSA) is 47.6 Å². The summed E-state index contributed by atoms with van der Waals surface area (Å²) in [4.78, 5) is 11.9. The van der Waals surface area contributed by atoms with Gasteiger partial charge in [-0.15, -0.1) is 0 Å². The van der Waals surface area contributed by atoms with Crippen LogP contribution in [0.15, 0.2) is 54.6 Å². The number of aryl methyl sites for hydroxylation is 1. The molecule has 4 heteroatoms. The van der Waals surface area contributed by atoms with Gasteiger partial charge in [-0.1, -0.05) is 54.6 Å². The fourth-order valence-electron chi connectivity index (χ4n) is 2.72. The number of rotatable bonds is 6. The van der Waals surface area contributed by atoms with Gasteiger partial charge in [0.25, 0.3) is 0 Å². The molecule has 0 spiro atoms. The maximum atomic E-state index is 11.9. The van der Waals surface area contributed by atoms with E-state index in [4.69, 9.17) is 9.47 Å². The van der Waals surface area contributed by atoms with E-state index in [9.17, 15) is 4.79 Å². The Hall–Kier alpha value is -2.17. The predicted molar refractivity (Wildman–Crippen MR) is 93.8 cm³/mol. The van der Waals surface area contributed by atoms with Crippen LogP contribution in [0.2, 0.25) is 0 Å². The smallest absolute Gasteiger partial charge is 0.220 e. The summed E-state index contributed by atoms with van der Waals surface area (Å²) in [5.74, 6) is 0.0521. The van der Waals surface area contributed by atoms with Crippen molar-refractivity contribution in [3.63, 3.8) is 0 Å². The lowest BCUT2D eigenvalue weighted by atomic mass is 10.0. The minimum absolute atomic E-state index is 0.0205. The van der Waals surface area contributed by atoms with E-state index in [1.54, 1.807) is 0 Å². The lowest BCUT2D eigenvalue weighted by Crippen LogP contribution is -2.39. The van der Waals surface area contributed by atoms with Crippen molar-refractivity contribution in [2.45, 2.75) is 18.9 Å². The van der Waals surface area contributed by atoms with Crippen molar-refractivity contribution in [1.82, 2.24) is 5.32 Å². The number of hydrogen-bond donors (Lipinski definition) is 1. The minimum Gasteiger partial charge on any atom is -0.376 e. The van der Waals surface area contributed by atoms with Crippen molar-refractivity contribution in [2.24, 2.45) is 0 Å². The van der Waals surface area contributed by atoms with Crippen molar-refractivity contribution < 1.29 is 14.3 Å². The molecule has 0 aliphatic carbocycles. The Kier molecular flexibility index (Phi) is 5.99. The van der Waals surface area contributed by atoms with Crippen LogP contribution in [-0.4, -0.2) is 38.4 Å². The molecule has 1 amide bonds. The fraction of sp³-hybridized carbons (Fsp3) is 0.350. The highest BCUT2D eigenvalue weighted by atomic mass is 16.6. The number of benzene rings is 2. The lowest BCUT2D eigenvalue weighted by molar-refractivity contribution is -0.123. The zero-order valence-corrected chi connectivity index (χ0v) is 13.7. The Balaban J connectivity index is 1.43. The largest absolute Gasteiger partial charge is 0.376 e. The molecule has 1 aliphatic heterocycles. The Labute approximate surface area is 142 Å². The highest BCUT2D eigenvalue weighted by Crippen LogP contribution is 2.19. The summed E-state index contributed by atoms with van der Waals surface area (Å²) in [5.41, 5.74) is 3.57. The molecule has 0 bridgehead atoms. The zero-order valence-electron chi connectivity index (χ0n) is 13.7. The second-order valence-electron chi connectivity index (χ2n) is 5.93. The van der Waals surface area contributed by atoms with Crippen molar-refractivity contribution in [1.29, 1.82) is 0 Å². The van der Waals surface area contributed by atoms with Gasteiger partial charge in [0.1, 0.15) is 0 Å². The third kappa shape index (κ3) is 4.91. The van der Waals surface area contributed by atoms with Crippen molar-refractivity contribution in [3.05, 3.63) is 60.2 Å². The molecule has 126 valence electrons.